The zero-order valence-electron chi connectivity index (χ0n) is 25.9. The number of carbonyl (C=O) groups excluding carboxylic acids is 1. The van der Waals surface area contributed by atoms with Gasteiger partial charge in [-0.1, -0.05) is 24.3 Å². The Balaban J connectivity index is 1.33. The lowest BCUT2D eigenvalue weighted by Gasteiger charge is -2.28. The number of rotatable bonds is 9. The Hall–Kier alpha value is -4.78. The summed E-state index contributed by atoms with van der Waals surface area (Å²) in [7, 11) is 1.61. The van der Waals surface area contributed by atoms with Crippen LogP contribution in [0.5, 0.6) is 5.75 Å². The van der Waals surface area contributed by atoms with E-state index in [1.54, 1.807) is 23.9 Å². The molecule has 0 bridgehead atoms. The SMILES string of the molecule is COc1ccc(Cn2nc(C(O)CN3CCOCC3)c3ccc(-c4cc(NC(=O)c5cccc(C(F)(F)F)c5)ccc4C)nc32)cc1. The number of aliphatic hydroxyl groups excluding tert-OH is 1. The minimum atomic E-state index is -4.56. The van der Waals surface area contributed by atoms with Crippen molar-refractivity contribution in [3.8, 4) is 17.0 Å². The second-order valence-corrected chi connectivity index (χ2v) is 11.4. The molecular weight excluding hydrogens is 611 g/mol. The molecule has 0 saturated carbocycles. The van der Waals surface area contributed by atoms with Crippen LogP contribution in [0, 0.1) is 6.92 Å². The Bertz CT molecular complexity index is 1890. The molecule has 2 aromatic heterocycles. The van der Waals surface area contributed by atoms with E-state index in [2.05, 4.69) is 10.2 Å². The van der Waals surface area contributed by atoms with E-state index in [1.165, 1.54) is 12.1 Å². The normalized spacial score (nSPS) is 14.7. The lowest BCUT2D eigenvalue weighted by molar-refractivity contribution is -0.137. The van der Waals surface area contributed by atoms with Crippen molar-refractivity contribution < 1.29 is 32.5 Å². The predicted molar refractivity (Wildman–Crippen MR) is 171 cm³/mol. The molecule has 2 N–H and O–H groups in total. The Morgan fingerprint density at radius 3 is 2.53 bits per heavy atom. The van der Waals surface area contributed by atoms with Gasteiger partial charge >= 0.3 is 6.18 Å². The number of fused-ring (bicyclic) bond motifs is 1. The Kier molecular flexibility index (Phi) is 9.26. The first-order valence-electron chi connectivity index (χ1n) is 15.2. The largest absolute Gasteiger partial charge is 0.497 e. The number of hydrogen-bond donors (Lipinski definition) is 2. The number of aromatic nitrogens is 3. The average Bonchev–Trinajstić information content (AvgIpc) is 3.43. The third-order valence-electron chi connectivity index (χ3n) is 8.19. The number of anilines is 1. The summed E-state index contributed by atoms with van der Waals surface area (Å²) in [4.78, 5) is 20.1. The van der Waals surface area contributed by atoms with Crippen molar-refractivity contribution in [2.45, 2.75) is 25.7 Å². The van der Waals surface area contributed by atoms with Gasteiger partial charge in [-0.3, -0.25) is 9.69 Å². The van der Waals surface area contributed by atoms with Crippen molar-refractivity contribution in [2.75, 3.05) is 45.3 Å². The lowest BCUT2D eigenvalue weighted by atomic mass is 10.0. The van der Waals surface area contributed by atoms with E-state index < -0.39 is 23.8 Å². The van der Waals surface area contributed by atoms with Gasteiger partial charge in [0.15, 0.2) is 5.65 Å². The summed E-state index contributed by atoms with van der Waals surface area (Å²) in [6.45, 7) is 5.39. The van der Waals surface area contributed by atoms with E-state index in [-0.39, 0.29) is 5.56 Å². The van der Waals surface area contributed by atoms with Gasteiger partial charge in [0.2, 0.25) is 0 Å². The van der Waals surface area contributed by atoms with E-state index in [1.807, 2.05) is 49.4 Å². The monoisotopic (exact) mass is 645 g/mol. The van der Waals surface area contributed by atoms with E-state index in [9.17, 15) is 23.1 Å². The molecule has 3 heterocycles. The number of aliphatic hydroxyl groups is 1. The highest BCUT2D eigenvalue weighted by molar-refractivity contribution is 6.04. The van der Waals surface area contributed by atoms with Gasteiger partial charge in [0.05, 0.1) is 38.1 Å². The number of benzene rings is 3. The van der Waals surface area contributed by atoms with Crippen molar-refractivity contribution in [2.24, 2.45) is 0 Å². The van der Waals surface area contributed by atoms with Crippen molar-refractivity contribution in [1.29, 1.82) is 0 Å². The number of aryl methyl sites for hydroxylation is 1. The molecule has 0 aliphatic carbocycles. The molecule has 0 spiro atoms. The number of alkyl halides is 3. The second-order valence-electron chi connectivity index (χ2n) is 11.4. The standard InChI is InChI=1S/C35H34F3N5O4/c1-22-6-9-26(39-34(45)24-4-3-5-25(18-24)35(36,37)38)19-29(22)30-13-12-28-32(31(44)21-42-14-16-47-17-15-42)41-43(33(28)40-30)20-23-7-10-27(46-2)11-8-23/h3-13,18-19,31,44H,14-17,20-21H2,1-2H3,(H,39,45). The van der Waals surface area contributed by atoms with Crippen molar-refractivity contribution >= 4 is 22.6 Å². The molecule has 1 saturated heterocycles. The van der Waals surface area contributed by atoms with E-state index >= 15 is 0 Å². The maximum atomic E-state index is 13.2. The molecule has 12 heteroatoms. The summed E-state index contributed by atoms with van der Waals surface area (Å²) in [5, 5.41) is 19.6. The van der Waals surface area contributed by atoms with Crippen LogP contribution in [-0.4, -0.2) is 70.6 Å². The zero-order valence-corrected chi connectivity index (χ0v) is 25.9. The van der Waals surface area contributed by atoms with Crippen LogP contribution >= 0.6 is 0 Å². The number of amides is 1. The highest BCUT2D eigenvalue weighted by Crippen LogP contribution is 2.32. The van der Waals surface area contributed by atoms with Gasteiger partial charge in [0.25, 0.3) is 5.91 Å². The highest BCUT2D eigenvalue weighted by atomic mass is 19.4. The van der Waals surface area contributed by atoms with Gasteiger partial charge in [0.1, 0.15) is 17.5 Å². The van der Waals surface area contributed by atoms with Crippen LogP contribution in [0.3, 0.4) is 0 Å². The fourth-order valence-electron chi connectivity index (χ4n) is 5.62. The van der Waals surface area contributed by atoms with Crippen LogP contribution in [0.1, 0.15) is 38.8 Å². The first-order valence-corrected chi connectivity index (χ1v) is 15.2. The first kappa shape index (κ1) is 32.2. The van der Waals surface area contributed by atoms with Crippen LogP contribution < -0.4 is 10.1 Å². The molecule has 0 radical (unpaired) electrons. The number of carbonyl (C=O) groups is 1. The maximum absolute atomic E-state index is 13.2. The molecular formula is C35H34F3N5O4. The van der Waals surface area contributed by atoms with E-state index in [0.29, 0.717) is 49.0 Å². The van der Waals surface area contributed by atoms with Crippen molar-refractivity contribution in [1.82, 2.24) is 19.7 Å². The fourth-order valence-corrected chi connectivity index (χ4v) is 5.62. The smallest absolute Gasteiger partial charge is 0.416 e. The van der Waals surface area contributed by atoms with E-state index in [0.717, 1.165) is 53.0 Å². The molecule has 9 nitrogen and oxygen atoms in total. The van der Waals surface area contributed by atoms with Crippen LogP contribution in [0.15, 0.2) is 78.9 Å². The third kappa shape index (κ3) is 7.30. The Morgan fingerprint density at radius 1 is 1.04 bits per heavy atom. The number of nitrogens with one attached hydrogen (secondary N) is 1. The molecule has 6 rings (SSSR count). The van der Waals surface area contributed by atoms with Crippen molar-refractivity contribution in [3.05, 3.63) is 107 Å². The summed E-state index contributed by atoms with van der Waals surface area (Å²) in [6.07, 6.45) is -5.41. The highest BCUT2D eigenvalue weighted by Gasteiger charge is 2.31. The molecule has 1 aliphatic heterocycles. The first-order chi connectivity index (χ1) is 22.6. The number of methoxy groups -OCH3 is 1. The summed E-state index contributed by atoms with van der Waals surface area (Å²) in [5.74, 6) is 0.0717. The molecule has 1 aliphatic rings. The molecule has 5 aromatic rings. The number of hydrogen-bond acceptors (Lipinski definition) is 7. The summed E-state index contributed by atoms with van der Waals surface area (Å²) < 4.78 is 52.2. The van der Waals surface area contributed by atoms with Gasteiger partial charge < -0.3 is 19.9 Å². The fraction of sp³-hybridized carbons (Fsp3) is 0.286. The van der Waals surface area contributed by atoms with Gasteiger partial charge in [-0.05, 0) is 72.6 Å². The van der Waals surface area contributed by atoms with E-state index in [4.69, 9.17) is 19.6 Å². The van der Waals surface area contributed by atoms with Gasteiger partial charge in [-0.25, -0.2) is 9.67 Å². The van der Waals surface area contributed by atoms with Gasteiger partial charge in [0, 0.05) is 41.8 Å². The van der Waals surface area contributed by atoms with Crippen LogP contribution in [0.2, 0.25) is 0 Å². The third-order valence-corrected chi connectivity index (χ3v) is 8.19. The topological polar surface area (TPSA) is 102 Å². The maximum Gasteiger partial charge on any atom is 0.416 e. The number of halogens is 3. The lowest BCUT2D eigenvalue weighted by Crippen LogP contribution is -2.38. The zero-order chi connectivity index (χ0) is 33.1. The average molecular weight is 646 g/mol. The predicted octanol–water partition coefficient (Wildman–Crippen LogP) is 6.10. The van der Waals surface area contributed by atoms with Crippen molar-refractivity contribution in [3.63, 3.8) is 0 Å². The van der Waals surface area contributed by atoms with Gasteiger partial charge in [-0.15, -0.1) is 0 Å². The molecule has 1 unspecified atom stereocenters. The molecule has 1 amide bonds. The quantitative estimate of drug-likeness (QED) is 0.200. The number of ether oxygens (including phenoxy) is 2. The minimum Gasteiger partial charge on any atom is -0.497 e. The molecule has 1 fully saturated rings. The molecule has 47 heavy (non-hydrogen) atoms. The van der Waals surface area contributed by atoms with Crippen LogP contribution in [-0.2, 0) is 17.5 Å². The molecule has 244 valence electrons. The molecule has 1 atom stereocenters. The Labute approximate surface area is 269 Å². The number of pyridine rings is 1. The number of β-amino-alcohol motifs (C(OH)–C–C–N with tert-alkyl or cyclic N) is 1. The summed E-state index contributed by atoms with van der Waals surface area (Å²) in [6, 6.07) is 20.9. The Morgan fingerprint density at radius 2 is 1.81 bits per heavy atom. The number of nitrogens with zero attached hydrogens (tertiary/aromatic N) is 4. The summed E-state index contributed by atoms with van der Waals surface area (Å²) >= 11 is 0. The minimum absolute atomic E-state index is 0.105. The molecule has 3 aromatic carbocycles. The number of morpholine rings is 1. The van der Waals surface area contributed by atoms with Crippen LogP contribution in [0.4, 0.5) is 18.9 Å². The summed E-state index contributed by atoms with van der Waals surface area (Å²) in [5.41, 5.74) is 3.68. The van der Waals surface area contributed by atoms with Crippen LogP contribution in [0.25, 0.3) is 22.3 Å². The second kappa shape index (κ2) is 13.5. The van der Waals surface area contributed by atoms with Gasteiger partial charge in [-0.2, -0.15) is 18.3 Å².